The summed E-state index contributed by atoms with van der Waals surface area (Å²) in [6, 6.07) is 25.0. The molecule has 33 heavy (non-hydrogen) atoms. The molecule has 0 heterocycles. The van der Waals surface area contributed by atoms with Crippen LogP contribution >= 0.6 is 23.2 Å². The van der Waals surface area contributed by atoms with Crippen LogP contribution in [0.25, 0.3) is 0 Å². The summed E-state index contributed by atoms with van der Waals surface area (Å²) in [6.07, 6.45) is 0.776. The molecule has 3 nitrogen and oxygen atoms in total. The molecule has 0 aromatic heterocycles. The fraction of sp³-hybridized carbons (Fsp3) is 0.321. The van der Waals surface area contributed by atoms with Gasteiger partial charge in [0.15, 0.2) is 5.60 Å². The molecular weight excluding hydrogens is 453 g/mol. The lowest BCUT2D eigenvalue weighted by atomic mass is 9.86. The van der Waals surface area contributed by atoms with Crippen LogP contribution in [-0.2, 0) is 11.2 Å². The molecule has 2 atom stereocenters. The number of ether oxygens (including phenoxy) is 1. The van der Waals surface area contributed by atoms with Crippen molar-refractivity contribution in [3.8, 4) is 5.75 Å². The predicted molar refractivity (Wildman–Crippen MR) is 139 cm³/mol. The Kier molecular flexibility index (Phi) is 10.3. The lowest BCUT2D eigenvalue weighted by molar-refractivity contribution is -0.135. The summed E-state index contributed by atoms with van der Waals surface area (Å²) < 4.78 is 5.95. The van der Waals surface area contributed by atoms with E-state index in [-0.39, 0.29) is 17.9 Å². The zero-order valence-corrected chi connectivity index (χ0v) is 21.5. The molecule has 0 fully saturated rings. The molecule has 3 aromatic rings. The van der Waals surface area contributed by atoms with E-state index in [1.165, 1.54) is 5.56 Å². The highest BCUT2D eigenvalue weighted by atomic mass is 35.5. The molecule has 0 bridgehead atoms. The van der Waals surface area contributed by atoms with Gasteiger partial charge in [0.25, 0.3) is 5.91 Å². The third kappa shape index (κ3) is 8.10. The Morgan fingerprint density at radius 1 is 0.909 bits per heavy atom. The van der Waals surface area contributed by atoms with Gasteiger partial charge in [-0.05, 0) is 68.7 Å². The predicted octanol–water partition coefficient (Wildman–Crippen LogP) is 7.71. The van der Waals surface area contributed by atoms with E-state index in [0.29, 0.717) is 15.8 Å². The summed E-state index contributed by atoms with van der Waals surface area (Å²) in [6.45, 7) is 9.54. The first-order chi connectivity index (χ1) is 15.7. The van der Waals surface area contributed by atoms with Crippen LogP contribution in [0.4, 0.5) is 0 Å². The second-order valence-electron chi connectivity index (χ2n) is 8.18. The van der Waals surface area contributed by atoms with Gasteiger partial charge in [0.05, 0.1) is 0 Å². The lowest BCUT2D eigenvalue weighted by Gasteiger charge is -2.31. The van der Waals surface area contributed by atoms with E-state index in [0.717, 1.165) is 12.0 Å². The van der Waals surface area contributed by atoms with E-state index in [4.69, 9.17) is 27.9 Å². The number of hydrogen-bond donors (Lipinski definition) is 1. The second kappa shape index (κ2) is 12.7. The number of rotatable bonds is 8. The first kappa shape index (κ1) is 26.8. The Morgan fingerprint density at radius 2 is 1.55 bits per heavy atom. The molecule has 1 N–H and O–H groups in total. The zero-order valence-electron chi connectivity index (χ0n) is 19.9. The summed E-state index contributed by atoms with van der Waals surface area (Å²) in [7, 11) is 0. The summed E-state index contributed by atoms with van der Waals surface area (Å²) in [5.74, 6) is 0.464. The van der Waals surface area contributed by atoms with Gasteiger partial charge in [0.1, 0.15) is 5.75 Å². The van der Waals surface area contributed by atoms with Gasteiger partial charge in [0, 0.05) is 22.0 Å². The molecule has 3 rings (SSSR count). The van der Waals surface area contributed by atoms with Crippen molar-refractivity contribution in [1.29, 1.82) is 0 Å². The van der Waals surface area contributed by atoms with Gasteiger partial charge in [-0.1, -0.05) is 85.6 Å². The van der Waals surface area contributed by atoms with Crippen molar-refractivity contribution < 1.29 is 9.53 Å². The SMILES string of the molecule is CC.CC(NC(=O)C(C)(C)Oc1cccc(Cl)c1)C(Cc1ccc(Cl)cc1)c1ccccc1. The highest BCUT2D eigenvalue weighted by molar-refractivity contribution is 6.30. The Balaban J connectivity index is 0.00000187. The highest BCUT2D eigenvalue weighted by Crippen LogP contribution is 2.27. The largest absolute Gasteiger partial charge is 0.478 e. The van der Waals surface area contributed by atoms with Gasteiger partial charge >= 0.3 is 0 Å². The quantitative estimate of drug-likeness (QED) is 0.354. The normalized spacial score (nSPS) is 12.7. The first-order valence-electron chi connectivity index (χ1n) is 11.3. The molecule has 2 unspecified atom stereocenters. The van der Waals surface area contributed by atoms with Gasteiger partial charge in [0.2, 0.25) is 0 Å². The summed E-state index contributed by atoms with van der Waals surface area (Å²) in [5, 5.41) is 4.44. The van der Waals surface area contributed by atoms with Gasteiger partial charge in [-0.15, -0.1) is 0 Å². The van der Waals surface area contributed by atoms with Crippen LogP contribution in [0.1, 0.15) is 51.7 Å². The average Bonchev–Trinajstić information content (AvgIpc) is 2.80. The summed E-state index contributed by atoms with van der Waals surface area (Å²) in [5.41, 5.74) is 1.27. The molecule has 0 saturated carbocycles. The standard InChI is InChI=1S/C26H27Cl2NO2.C2H6/c1-18(29-25(30)26(2,3)31-23-11-7-10-22(28)17-23)24(20-8-5-4-6-9-20)16-19-12-14-21(27)15-13-19;1-2/h4-15,17-18,24H,16H2,1-3H3,(H,29,30);1-2H3. The molecular formula is C28H33Cl2NO2. The molecule has 0 radical (unpaired) electrons. The van der Waals surface area contributed by atoms with Crippen LogP contribution in [0.2, 0.25) is 10.0 Å². The molecule has 3 aromatic carbocycles. The van der Waals surface area contributed by atoms with E-state index < -0.39 is 5.60 Å². The monoisotopic (exact) mass is 485 g/mol. The fourth-order valence-electron chi connectivity index (χ4n) is 3.51. The maximum Gasteiger partial charge on any atom is 0.263 e. The highest BCUT2D eigenvalue weighted by Gasteiger charge is 2.33. The Labute approximate surface area is 208 Å². The number of amides is 1. The summed E-state index contributed by atoms with van der Waals surface area (Å²) in [4.78, 5) is 13.1. The van der Waals surface area contributed by atoms with E-state index in [9.17, 15) is 4.79 Å². The number of carbonyl (C=O) groups excluding carboxylic acids is 1. The van der Waals surface area contributed by atoms with Crippen molar-refractivity contribution in [2.75, 3.05) is 0 Å². The van der Waals surface area contributed by atoms with Gasteiger partial charge in [-0.3, -0.25) is 4.79 Å². The second-order valence-corrected chi connectivity index (χ2v) is 9.05. The lowest BCUT2D eigenvalue weighted by Crippen LogP contribution is -2.51. The van der Waals surface area contributed by atoms with Crippen molar-refractivity contribution in [3.63, 3.8) is 0 Å². The zero-order chi connectivity index (χ0) is 24.4. The molecule has 0 aliphatic heterocycles. The van der Waals surface area contributed by atoms with E-state index in [1.807, 2.05) is 63.2 Å². The van der Waals surface area contributed by atoms with E-state index in [1.54, 1.807) is 38.1 Å². The van der Waals surface area contributed by atoms with Crippen LogP contribution in [0.15, 0.2) is 78.9 Å². The minimum Gasteiger partial charge on any atom is -0.478 e. The third-order valence-corrected chi connectivity index (χ3v) is 5.76. The van der Waals surface area contributed by atoms with Crippen LogP contribution in [0.5, 0.6) is 5.75 Å². The Morgan fingerprint density at radius 3 is 2.15 bits per heavy atom. The fourth-order valence-corrected chi connectivity index (χ4v) is 3.82. The Hall–Kier alpha value is -2.49. The van der Waals surface area contributed by atoms with Gasteiger partial charge < -0.3 is 10.1 Å². The first-order valence-corrected chi connectivity index (χ1v) is 12.0. The maximum absolute atomic E-state index is 13.1. The number of nitrogens with one attached hydrogen (secondary N) is 1. The van der Waals surface area contributed by atoms with Crippen molar-refractivity contribution in [2.45, 2.75) is 58.6 Å². The van der Waals surface area contributed by atoms with Crippen molar-refractivity contribution in [1.82, 2.24) is 5.32 Å². The van der Waals surface area contributed by atoms with Crippen LogP contribution in [0.3, 0.4) is 0 Å². The van der Waals surface area contributed by atoms with E-state index in [2.05, 4.69) is 17.4 Å². The molecule has 5 heteroatoms. The maximum atomic E-state index is 13.1. The van der Waals surface area contributed by atoms with Crippen molar-refractivity contribution in [3.05, 3.63) is 100 Å². The third-order valence-electron chi connectivity index (χ3n) is 5.27. The minimum atomic E-state index is -1.06. The molecule has 0 spiro atoms. The smallest absolute Gasteiger partial charge is 0.263 e. The number of benzene rings is 3. The van der Waals surface area contributed by atoms with Gasteiger partial charge in [-0.25, -0.2) is 0 Å². The number of halogens is 2. The molecule has 0 aliphatic carbocycles. The minimum absolute atomic E-state index is 0.0910. The van der Waals surface area contributed by atoms with Crippen molar-refractivity contribution >= 4 is 29.1 Å². The molecule has 0 saturated heterocycles. The number of carbonyl (C=O) groups is 1. The number of hydrogen-bond acceptors (Lipinski definition) is 2. The van der Waals surface area contributed by atoms with Crippen LogP contribution in [0, 0.1) is 0 Å². The average molecular weight is 486 g/mol. The van der Waals surface area contributed by atoms with Gasteiger partial charge in [-0.2, -0.15) is 0 Å². The molecule has 0 aliphatic rings. The Bertz CT molecular complexity index is 1000. The molecule has 1 amide bonds. The topological polar surface area (TPSA) is 38.3 Å². The van der Waals surface area contributed by atoms with Crippen LogP contribution in [-0.4, -0.2) is 17.6 Å². The molecule has 176 valence electrons. The summed E-state index contributed by atoms with van der Waals surface area (Å²) >= 11 is 12.1. The van der Waals surface area contributed by atoms with E-state index >= 15 is 0 Å². The van der Waals surface area contributed by atoms with Crippen molar-refractivity contribution in [2.24, 2.45) is 0 Å². The van der Waals surface area contributed by atoms with Crippen LogP contribution < -0.4 is 10.1 Å².